The van der Waals surface area contributed by atoms with Crippen LogP contribution in [-0.2, 0) is 6.54 Å². The Morgan fingerprint density at radius 2 is 1.90 bits per heavy atom. The van der Waals surface area contributed by atoms with Gasteiger partial charge in [0.1, 0.15) is 0 Å². The van der Waals surface area contributed by atoms with Gasteiger partial charge in [-0.1, -0.05) is 18.2 Å². The highest BCUT2D eigenvalue weighted by atomic mass is 16.3. The lowest BCUT2D eigenvalue weighted by Gasteiger charge is -2.12. The second-order valence-corrected chi connectivity index (χ2v) is 4.97. The summed E-state index contributed by atoms with van der Waals surface area (Å²) in [6, 6.07) is 12.9. The lowest BCUT2D eigenvalue weighted by Crippen LogP contribution is -2.01. The molecular formula is C17H16N2O2. The molecule has 0 aliphatic rings. The number of hydrogen-bond donors (Lipinski definition) is 3. The molecule has 0 fully saturated rings. The van der Waals surface area contributed by atoms with Gasteiger partial charge in [-0.2, -0.15) is 0 Å². The predicted octanol–water partition coefficient (Wildman–Crippen LogP) is 3.57. The first-order chi connectivity index (χ1) is 10.2. The smallest absolute Gasteiger partial charge is 0.162 e. The van der Waals surface area contributed by atoms with Gasteiger partial charge in [0.15, 0.2) is 11.5 Å². The van der Waals surface area contributed by atoms with E-state index in [9.17, 15) is 10.2 Å². The normalized spacial score (nSPS) is 10.7. The zero-order chi connectivity index (χ0) is 14.8. The van der Waals surface area contributed by atoms with Crippen molar-refractivity contribution in [3.05, 3.63) is 59.8 Å². The molecule has 4 heteroatoms. The van der Waals surface area contributed by atoms with Crippen molar-refractivity contribution < 1.29 is 10.2 Å². The summed E-state index contributed by atoms with van der Waals surface area (Å²) < 4.78 is 0. The van der Waals surface area contributed by atoms with Crippen molar-refractivity contribution in [2.75, 3.05) is 5.32 Å². The first-order valence-corrected chi connectivity index (χ1v) is 6.75. The average Bonchev–Trinajstić information content (AvgIpc) is 2.51. The van der Waals surface area contributed by atoms with Crippen LogP contribution in [0.2, 0.25) is 0 Å². The highest BCUT2D eigenvalue weighted by molar-refractivity contribution is 5.93. The van der Waals surface area contributed by atoms with Gasteiger partial charge in [-0.25, -0.2) is 0 Å². The summed E-state index contributed by atoms with van der Waals surface area (Å²) >= 11 is 0. The van der Waals surface area contributed by atoms with Gasteiger partial charge in [0, 0.05) is 29.4 Å². The Morgan fingerprint density at radius 3 is 2.76 bits per heavy atom. The van der Waals surface area contributed by atoms with Gasteiger partial charge in [0.05, 0.1) is 5.52 Å². The molecule has 0 aliphatic heterocycles. The molecule has 0 saturated heterocycles. The molecule has 3 aromatic rings. The van der Waals surface area contributed by atoms with E-state index < -0.39 is 0 Å². The topological polar surface area (TPSA) is 65.4 Å². The van der Waals surface area contributed by atoms with E-state index in [4.69, 9.17) is 0 Å². The quantitative estimate of drug-likeness (QED) is 0.642. The van der Waals surface area contributed by atoms with Gasteiger partial charge in [-0.3, -0.25) is 4.98 Å². The van der Waals surface area contributed by atoms with Gasteiger partial charge in [0.2, 0.25) is 0 Å². The van der Waals surface area contributed by atoms with Crippen LogP contribution >= 0.6 is 0 Å². The molecule has 1 heterocycles. The third-order valence-electron chi connectivity index (χ3n) is 3.54. The number of anilines is 1. The number of aromatic nitrogens is 1. The van der Waals surface area contributed by atoms with Crippen LogP contribution in [0.5, 0.6) is 11.5 Å². The van der Waals surface area contributed by atoms with E-state index >= 15 is 0 Å². The second kappa shape index (κ2) is 5.32. The number of phenols is 2. The van der Waals surface area contributed by atoms with E-state index in [1.165, 1.54) is 6.07 Å². The van der Waals surface area contributed by atoms with Crippen LogP contribution in [0.15, 0.2) is 48.7 Å². The zero-order valence-corrected chi connectivity index (χ0v) is 11.7. The maximum atomic E-state index is 9.83. The number of benzene rings is 2. The molecule has 0 spiro atoms. The number of hydrogen-bond acceptors (Lipinski definition) is 4. The van der Waals surface area contributed by atoms with Crippen molar-refractivity contribution >= 4 is 16.6 Å². The van der Waals surface area contributed by atoms with E-state index in [-0.39, 0.29) is 11.5 Å². The molecule has 0 unspecified atom stereocenters. The molecule has 0 amide bonds. The van der Waals surface area contributed by atoms with Crippen molar-refractivity contribution in [2.45, 2.75) is 13.5 Å². The molecule has 0 bridgehead atoms. The molecule has 21 heavy (non-hydrogen) atoms. The highest BCUT2D eigenvalue weighted by Crippen LogP contribution is 2.30. The Hall–Kier alpha value is -2.75. The average molecular weight is 280 g/mol. The minimum absolute atomic E-state index is 0.0838. The fourth-order valence-electron chi connectivity index (χ4n) is 2.38. The molecule has 0 atom stereocenters. The van der Waals surface area contributed by atoms with Crippen LogP contribution in [0.3, 0.4) is 0 Å². The Kier molecular flexibility index (Phi) is 3.36. The molecule has 3 rings (SSSR count). The summed E-state index contributed by atoms with van der Waals surface area (Å²) in [5, 5.41) is 23.7. The van der Waals surface area contributed by atoms with Crippen LogP contribution in [0.25, 0.3) is 10.9 Å². The van der Waals surface area contributed by atoms with Crippen LogP contribution < -0.4 is 5.32 Å². The largest absolute Gasteiger partial charge is 0.504 e. The van der Waals surface area contributed by atoms with Crippen LogP contribution in [0.4, 0.5) is 5.69 Å². The SMILES string of the molecule is Cc1ccc(NCc2cccc(O)c2O)c2cccnc12. The number of nitrogens with zero attached hydrogens (tertiary/aromatic N) is 1. The number of phenolic OH excluding ortho intramolecular Hbond substituents is 2. The minimum atomic E-state index is -0.107. The van der Waals surface area contributed by atoms with Gasteiger partial charge in [0.25, 0.3) is 0 Å². The summed E-state index contributed by atoms with van der Waals surface area (Å²) in [6.45, 7) is 2.45. The summed E-state index contributed by atoms with van der Waals surface area (Å²) in [5.74, 6) is -0.190. The van der Waals surface area contributed by atoms with E-state index in [1.807, 2.05) is 31.2 Å². The molecular weight excluding hydrogens is 264 g/mol. The molecule has 2 aromatic carbocycles. The number of pyridine rings is 1. The number of rotatable bonds is 3. The lowest BCUT2D eigenvalue weighted by atomic mass is 10.1. The van der Waals surface area contributed by atoms with Gasteiger partial charge < -0.3 is 15.5 Å². The van der Waals surface area contributed by atoms with E-state index in [0.717, 1.165) is 22.2 Å². The third kappa shape index (κ3) is 2.48. The Balaban J connectivity index is 1.92. The maximum Gasteiger partial charge on any atom is 0.162 e. The molecule has 0 radical (unpaired) electrons. The summed E-state index contributed by atoms with van der Waals surface area (Å²) in [7, 11) is 0. The zero-order valence-electron chi connectivity index (χ0n) is 11.7. The van der Waals surface area contributed by atoms with Crippen molar-refractivity contribution in [1.82, 2.24) is 4.98 Å². The van der Waals surface area contributed by atoms with Gasteiger partial charge in [-0.05, 0) is 36.8 Å². The molecule has 0 aliphatic carbocycles. The number of aromatic hydroxyl groups is 2. The fraction of sp³-hybridized carbons (Fsp3) is 0.118. The van der Waals surface area contributed by atoms with E-state index in [1.54, 1.807) is 18.3 Å². The summed E-state index contributed by atoms with van der Waals surface area (Å²) in [6.07, 6.45) is 1.78. The molecule has 1 aromatic heterocycles. The molecule has 3 N–H and O–H groups in total. The number of nitrogens with one attached hydrogen (secondary N) is 1. The highest BCUT2D eigenvalue weighted by Gasteiger charge is 2.07. The number of para-hydroxylation sites is 1. The predicted molar refractivity (Wildman–Crippen MR) is 83.6 cm³/mol. The number of fused-ring (bicyclic) bond motifs is 1. The minimum Gasteiger partial charge on any atom is -0.504 e. The molecule has 106 valence electrons. The van der Waals surface area contributed by atoms with E-state index in [0.29, 0.717) is 12.1 Å². The van der Waals surface area contributed by atoms with Crippen molar-refractivity contribution in [2.24, 2.45) is 0 Å². The molecule has 4 nitrogen and oxygen atoms in total. The van der Waals surface area contributed by atoms with Gasteiger partial charge in [-0.15, -0.1) is 0 Å². The summed E-state index contributed by atoms with van der Waals surface area (Å²) in [4.78, 5) is 4.40. The lowest BCUT2D eigenvalue weighted by molar-refractivity contribution is 0.400. The Labute approximate surface area is 122 Å². The standard InChI is InChI=1S/C17H16N2O2/c1-11-7-8-14(13-5-3-9-18-16(11)13)19-10-12-4-2-6-15(20)17(12)21/h2-9,19-21H,10H2,1H3. The van der Waals surface area contributed by atoms with E-state index in [2.05, 4.69) is 10.3 Å². The third-order valence-corrected chi connectivity index (χ3v) is 3.54. The Morgan fingerprint density at radius 1 is 1.05 bits per heavy atom. The first-order valence-electron chi connectivity index (χ1n) is 6.75. The van der Waals surface area contributed by atoms with Crippen molar-refractivity contribution in [1.29, 1.82) is 0 Å². The molecule has 0 saturated carbocycles. The second-order valence-electron chi connectivity index (χ2n) is 4.97. The van der Waals surface area contributed by atoms with Crippen LogP contribution in [0, 0.1) is 6.92 Å². The van der Waals surface area contributed by atoms with Gasteiger partial charge >= 0.3 is 0 Å². The first kappa shape index (κ1) is 13.2. The Bertz CT molecular complexity index is 800. The fourth-order valence-corrected chi connectivity index (χ4v) is 2.38. The van der Waals surface area contributed by atoms with Crippen LogP contribution in [0.1, 0.15) is 11.1 Å². The maximum absolute atomic E-state index is 9.83. The monoisotopic (exact) mass is 280 g/mol. The summed E-state index contributed by atoms with van der Waals surface area (Å²) in [5.41, 5.74) is 3.68. The van der Waals surface area contributed by atoms with Crippen LogP contribution in [-0.4, -0.2) is 15.2 Å². The number of aryl methyl sites for hydroxylation is 1. The van der Waals surface area contributed by atoms with Crippen molar-refractivity contribution in [3.8, 4) is 11.5 Å². The van der Waals surface area contributed by atoms with Crippen molar-refractivity contribution in [3.63, 3.8) is 0 Å².